The van der Waals surface area contributed by atoms with Crippen molar-refractivity contribution < 1.29 is 14.7 Å². The molecular formula is C13H14N4O3S. The number of aryl methyl sites for hydroxylation is 1. The molecule has 0 bridgehead atoms. The predicted octanol–water partition coefficient (Wildman–Crippen LogP) is 2.75. The highest BCUT2D eigenvalue weighted by Crippen LogP contribution is 2.20. The number of aromatic nitrogens is 2. The zero-order valence-electron chi connectivity index (χ0n) is 11.5. The number of urea groups is 1. The Morgan fingerprint density at radius 2 is 2.05 bits per heavy atom. The van der Waals surface area contributed by atoms with Crippen molar-refractivity contribution in [1.29, 1.82) is 0 Å². The Morgan fingerprint density at radius 1 is 1.29 bits per heavy atom. The number of carboxylic acids is 1. The van der Waals surface area contributed by atoms with Crippen molar-refractivity contribution in [3.63, 3.8) is 0 Å². The van der Waals surface area contributed by atoms with Crippen molar-refractivity contribution in [2.45, 2.75) is 20.3 Å². The zero-order valence-corrected chi connectivity index (χ0v) is 12.3. The van der Waals surface area contributed by atoms with Crippen molar-refractivity contribution in [2.75, 3.05) is 10.6 Å². The van der Waals surface area contributed by atoms with E-state index in [2.05, 4.69) is 20.8 Å². The average Bonchev–Trinajstić information content (AvgIpc) is 2.88. The number of benzene rings is 1. The lowest BCUT2D eigenvalue weighted by atomic mass is 10.1. The lowest BCUT2D eigenvalue weighted by Gasteiger charge is -2.10. The SMILES string of the molecule is CCc1nnc(NC(=O)Nc2cccc(C(=O)O)c2C)s1. The molecule has 0 spiro atoms. The maximum Gasteiger partial charge on any atom is 0.336 e. The molecular weight excluding hydrogens is 292 g/mol. The smallest absolute Gasteiger partial charge is 0.336 e. The Labute approximate surface area is 125 Å². The molecule has 7 nitrogen and oxygen atoms in total. The molecule has 2 aromatic rings. The third kappa shape index (κ3) is 3.54. The number of hydrogen-bond donors (Lipinski definition) is 3. The van der Waals surface area contributed by atoms with Crippen LogP contribution in [-0.4, -0.2) is 27.3 Å². The average molecular weight is 306 g/mol. The number of nitrogens with zero attached hydrogens (tertiary/aromatic N) is 2. The summed E-state index contributed by atoms with van der Waals surface area (Å²) in [5.41, 5.74) is 1.08. The van der Waals surface area contributed by atoms with Gasteiger partial charge in [0.25, 0.3) is 0 Å². The van der Waals surface area contributed by atoms with Crippen molar-refractivity contribution in [1.82, 2.24) is 10.2 Å². The molecule has 0 radical (unpaired) electrons. The first-order chi connectivity index (χ1) is 10.0. The standard InChI is InChI=1S/C13H14N4O3S/c1-3-10-16-17-13(21-10)15-12(20)14-9-6-4-5-8(7(9)2)11(18)19/h4-6H,3H2,1-2H3,(H,18,19)(H2,14,15,17,20). The number of carbonyl (C=O) groups excluding carboxylic acids is 1. The first-order valence-electron chi connectivity index (χ1n) is 6.24. The van der Waals surface area contributed by atoms with Crippen LogP contribution in [0.3, 0.4) is 0 Å². The highest BCUT2D eigenvalue weighted by atomic mass is 32.1. The van der Waals surface area contributed by atoms with E-state index < -0.39 is 12.0 Å². The van der Waals surface area contributed by atoms with Crippen molar-refractivity contribution in [3.8, 4) is 0 Å². The summed E-state index contributed by atoms with van der Waals surface area (Å²) in [5, 5.41) is 23.2. The van der Waals surface area contributed by atoms with Crippen LogP contribution in [0.1, 0.15) is 27.9 Å². The molecule has 1 heterocycles. The van der Waals surface area contributed by atoms with Crippen LogP contribution in [0.4, 0.5) is 15.6 Å². The minimum atomic E-state index is -1.03. The molecule has 0 aliphatic rings. The molecule has 110 valence electrons. The number of nitrogens with one attached hydrogen (secondary N) is 2. The van der Waals surface area contributed by atoms with Crippen LogP contribution in [0.5, 0.6) is 0 Å². The minimum Gasteiger partial charge on any atom is -0.478 e. The molecule has 21 heavy (non-hydrogen) atoms. The van der Waals surface area contributed by atoms with E-state index >= 15 is 0 Å². The van der Waals surface area contributed by atoms with Crippen LogP contribution in [0.25, 0.3) is 0 Å². The molecule has 0 unspecified atom stereocenters. The highest BCUT2D eigenvalue weighted by molar-refractivity contribution is 7.15. The summed E-state index contributed by atoms with van der Waals surface area (Å²) in [4.78, 5) is 22.9. The first kappa shape index (κ1) is 14.9. The quantitative estimate of drug-likeness (QED) is 0.805. The van der Waals surface area contributed by atoms with Gasteiger partial charge in [-0.1, -0.05) is 24.3 Å². The molecule has 2 amide bonds. The van der Waals surface area contributed by atoms with Gasteiger partial charge in [-0.25, -0.2) is 9.59 Å². The highest BCUT2D eigenvalue weighted by Gasteiger charge is 2.13. The Balaban J connectivity index is 2.09. The van der Waals surface area contributed by atoms with Gasteiger partial charge in [0.1, 0.15) is 5.01 Å². The largest absolute Gasteiger partial charge is 0.478 e. The second kappa shape index (κ2) is 6.31. The lowest BCUT2D eigenvalue weighted by molar-refractivity contribution is 0.0696. The summed E-state index contributed by atoms with van der Waals surface area (Å²) < 4.78 is 0. The van der Waals surface area contributed by atoms with E-state index in [1.54, 1.807) is 19.1 Å². The van der Waals surface area contributed by atoms with Gasteiger partial charge in [-0.05, 0) is 31.0 Å². The van der Waals surface area contributed by atoms with Gasteiger partial charge in [0.2, 0.25) is 5.13 Å². The maximum absolute atomic E-state index is 11.9. The zero-order chi connectivity index (χ0) is 15.4. The van der Waals surface area contributed by atoms with Crippen molar-refractivity contribution in [3.05, 3.63) is 34.3 Å². The monoisotopic (exact) mass is 306 g/mol. The molecule has 0 fully saturated rings. The topological polar surface area (TPSA) is 104 Å². The van der Waals surface area contributed by atoms with Crippen molar-refractivity contribution in [2.24, 2.45) is 0 Å². The van der Waals surface area contributed by atoms with Gasteiger partial charge < -0.3 is 10.4 Å². The third-order valence-electron chi connectivity index (χ3n) is 2.80. The summed E-state index contributed by atoms with van der Waals surface area (Å²) in [6.07, 6.45) is 0.751. The number of anilines is 2. The van der Waals surface area contributed by atoms with Crippen LogP contribution in [-0.2, 0) is 6.42 Å². The molecule has 1 aromatic carbocycles. The van der Waals surface area contributed by atoms with Crippen LogP contribution < -0.4 is 10.6 Å². The Kier molecular flexibility index (Phi) is 4.49. The molecule has 0 aliphatic carbocycles. The minimum absolute atomic E-state index is 0.150. The Morgan fingerprint density at radius 3 is 2.67 bits per heavy atom. The van der Waals surface area contributed by atoms with Gasteiger partial charge in [-0.15, -0.1) is 10.2 Å². The number of rotatable bonds is 4. The second-order valence-corrected chi connectivity index (χ2v) is 5.28. The predicted molar refractivity (Wildman–Crippen MR) is 80.1 cm³/mol. The van der Waals surface area contributed by atoms with Gasteiger partial charge in [-0.2, -0.15) is 0 Å². The molecule has 0 atom stereocenters. The van der Waals surface area contributed by atoms with Crippen LogP contribution in [0.2, 0.25) is 0 Å². The maximum atomic E-state index is 11.9. The fourth-order valence-corrected chi connectivity index (χ4v) is 2.37. The van der Waals surface area contributed by atoms with E-state index in [0.717, 1.165) is 11.4 Å². The summed E-state index contributed by atoms with van der Waals surface area (Å²) in [6.45, 7) is 3.59. The number of carbonyl (C=O) groups is 2. The van der Waals surface area contributed by atoms with Gasteiger partial charge in [0.05, 0.1) is 5.56 Å². The Hall–Kier alpha value is -2.48. The molecule has 1 aromatic heterocycles. The van der Waals surface area contributed by atoms with Gasteiger partial charge >= 0.3 is 12.0 Å². The van der Waals surface area contributed by atoms with Crippen LogP contribution >= 0.6 is 11.3 Å². The van der Waals surface area contributed by atoms with Gasteiger partial charge in [-0.3, -0.25) is 5.32 Å². The van der Waals surface area contributed by atoms with E-state index in [1.165, 1.54) is 17.4 Å². The van der Waals surface area contributed by atoms with E-state index in [-0.39, 0.29) is 5.56 Å². The summed E-state index contributed by atoms with van der Waals surface area (Å²) in [6, 6.07) is 4.21. The number of carboxylic acid groups (broad SMARTS) is 1. The summed E-state index contributed by atoms with van der Waals surface area (Å²) in [7, 11) is 0. The Bertz CT molecular complexity index is 684. The van der Waals surface area contributed by atoms with E-state index in [0.29, 0.717) is 16.4 Å². The molecule has 0 saturated heterocycles. The summed E-state index contributed by atoms with van der Waals surface area (Å²) >= 11 is 1.30. The van der Waals surface area contributed by atoms with Gasteiger partial charge in [0.15, 0.2) is 0 Å². The lowest BCUT2D eigenvalue weighted by Crippen LogP contribution is -2.20. The first-order valence-corrected chi connectivity index (χ1v) is 7.06. The summed E-state index contributed by atoms with van der Waals surface area (Å²) in [5.74, 6) is -1.03. The molecule has 0 aliphatic heterocycles. The van der Waals surface area contributed by atoms with Crippen LogP contribution in [0, 0.1) is 6.92 Å². The fourth-order valence-electron chi connectivity index (χ4n) is 1.70. The van der Waals surface area contributed by atoms with Gasteiger partial charge in [0, 0.05) is 5.69 Å². The number of amides is 2. The number of hydrogen-bond acceptors (Lipinski definition) is 5. The molecule has 8 heteroatoms. The fraction of sp³-hybridized carbons (Fsp3) is 0.231. The number of aromatic carboxylic acids is 1. The second-order valence-electron chi connectivity index (χ2n) is 4.22. The van der Waals surface area contributed by atoms with Crippen molar-refractivity contribution >= 4 is 34.2 Å². The normalized spacial score (nSPS) is 10.2. The van der Waals surface area contributed by atoms with E-state index in [1.807, 2.05) is 6.92 Å². The van der Waals surface area contributed by atoms with Crippen LogP contribution in [0.15, 0.2) is 18.2 Å². The molecule has 2 rings (SSSR count). The van der Waals surface area contributed by atoms with E-state index in [4.69, 9.17) is 5.11 Å². The third-order valence-corrected chi connectivity index (χ3v) is 3.79. The molecule has 0 saturated carbocycles. The molecule has 3 N–H and O–H groups in total. The van der Waals surface area contributed by atoms with E-state index in [9.17, 15) is 9.59 Å².